The Hall–Kier alpha value is -1.37. The van der Waals surface area contributed by atoms with Gasteiger partial charge in [-0.3, -0.25) is 10.1 Å². The molecular weight excluding hydrogens is 225 g/mol. The molecule has 0 aromatic carbocycles. The maximum atomic E-state index is 12.2. The van der Waals surface area contributed by atoms with Gasteiger partial charge in [0, 0.05) is 6.20 Å². The molecule has 0 amide bonds. The SMILES string of the molecule is O=[N+]([O-])c1c(C(F)(F)F)ccnc1Cl. The second-order valence-corrected chi connectivity index (χ2v) is 2.61. The first kappa shape index (κ1) is 10.7. The molecular formula is C6H2ClF3N2O2. The summed E-state index contributed by atoms with van der Waals surface area (Å²) in [6.45, 7) is 0. The highest BCUT2D eigenvalue weighted by molar-refractivity contribution is 6.31. The van der Waals surface area contributed by atoms with E-state index in [0.717, 1.165) is 6.20 Å². The first-order valence-corrected chi connectivity index (χ1v) is 3.58. The van der Waals surface area contributed by atoms with Crippen LogP contribution in [-0.4, -0.2) is 9.91 Å². The van der Waals surface area contributed by atoms with E-state index in [9.17, 15) is 23.3 Å². The molecule has 0 fully saturated rings. The molecule has 1 aromatic heterocycles. The first-order valence-electron chi connectivity index (χ1n) is 3.20. The number of halogens is 4. The summed E-state index contributed by atoms with van der Waals surface area (Å²) in [6.07, 6.45) is -4.05. The van der Waals surface area contributed by atoms with Gasteiger partial charge in [0.2, 0.25) is 5.15 Å². The Bertz CT molecular complexity index is 380. The summed E-state index contributed by atoms with van der Waals surface area (Å²) in [6, 6.07) is 0.504. The second kappa shape index (κ2) is 3.41. The van der Waals surface area contributed by atoms with E-state index in [1.54, 1.807) is 0 Å². The minimum absolute atomic E-state index is 0.504. The van der Waals surface area contributed by atoms with Crippen molar-refractivity contribution < 1.29 is 18.1 Å². The van der Waals surface area contributed by atoms with Crippen LogP contribution in [0.3, 0.4) is 0 Å². The largest absolute Gasteiger partial charge is 0.423 e. The summed E-state index contributed by atoms with van der Waals surface area (Å²) in [5.41, 5.74) is -2.62. The van der Waals surface area contributed by atoms with E-state index < -0.39 is 27.5 Å². The van der Waals surface area contributed by atoms with Crippen LogP contribution in [0.5, 0.6) is 0 Å². The maximum absolute atomic E-state index is 12.2. The van der Waals surface area contributed by atoms with Gasteiger partial charge in [-0.1, -0.05) is 11.6 Å². The highest BCUT2D eigenvalue weighted by Crippen LogP contribution is 2.38. The van der Waals surface area contributed by atoms with E-state index >= 15 is 0 Å². The summed E-state index contributed by atoms with van der Waals surface area (Å²) in [4.78, 5) is 12.3. The molecule has 0 unspecified atom stereocenters. The van der Waals surface area contributed by atoms with Crippen molar-refractivity contribution >= 4 is 17.3 Å². The molecule has 0 saturated carbocycles. The van der Waals surface area contributed by atoms with E-state index in [0.29, 0.717) is 6.07 Å². The highest BCUT2D eigenvalue weighted by Gasteiger charge is 2.39. The van der Waals surface area contributed by atoms with E-state index in [4.69, 9.17) is 11.6 Å². The highest BCUT2D eigenvalue weighted by atomic mass is 35.5. The topological polar surface area (TPSA) is 56.0 Å². The predicted octanol–water partition coefficient (Wildman–Crippen LogP) is 2.66. The van der Waals surface area contributed by atoms with Gasteiger partial charge in [-0.25, -0.2) is 4.98 Å². The smallest absolute Gasteiger partial charge is 0.258 e. The molecule has 0 N–H and O–H groups in total. The van der Waals surface area contributed by atoms with Crippen molar-refractivity contribution in [3.8, 4) is 0 Å². The standard InChI is InChI=1S/C6H2ClF3N2O2/c7-5-4(12(13)14)3(1-2-11-5)6(8,9)10/h1-2H. The van der Waals surface area contributed by atoms with Gasteiger partial charge in [-0.15, -0.1) is 0 Å². The molecule has 76 valence electrons. The Balaban J connectivity index is 3.44. The van der Waals surface area contributed by atoms with Crippen LogP contribution >= 0.6 is 11.6 Å². The van der Waals surface area contributed by atoms with Crippen LogP contribution in [0.25, 0.3) is 0 Å². The third kappa shape index (κ3) is 1.92. The minimum Gasteiger partial charge on any atom is -0.258 e. The zero-order valence-corrected chi connectivity index (χ0v) is 7.13. The van der Waals surface area contributed by atoms with Crippen LogP contribution in [0.4, 0.5) is 18.9 Å². The van der Waals surface area contributed by atoms with Crippen LogP contribution in [0.2, 0.25) is 5.15 Å². The van der Waals surface area contributed by atoms with Crippen LogP contribution < -0.4 is 0 Å². The van der Waals surface area contributed by atoms with Gasteiger partial charge in [0.25, 0.3) is 0 Å². The van der Waals surface area contributed by atoms with Crippen LogP contribution in [-0.2, 0) is 6.18 Å². The fraction of sp³-hybridized carbons (Fsp3) is 0.167. The number of hydrogen-bond donors (Lipinski definition) is 0. The zero-order valence-electron chi connectivity index (χ0n) is 6.38. The van der Waals surface area contributed by atoms with Crippen molar-refractivity contribution in [2.75, 3.05) is 0 Å². The van der Waals surface area contributed by atoms with Crippen LogP contribution in [0.1, 0.15) is 5.56 Å². The molecule has 0 aliphatic carbocycles. The number of nitrogens with zero attached hydrogens (tertiary/aromatic N) is 2. The predicted molar refractivity (Wildman–Crippen MR) is 40.9 cm³/mol. The third-order valence-electron chi connectivity index (χ3n) is 1.37. The van der Waals surface area contributed by atoms with Gasteiger partial charge in [0.05, 0.1) is 4.92 Å². The van der Waals surface area contributed by atoms with Crippen molar-refractivity contribution in [1.82, 2.24) is 4.98 Å². The second-order valence-electron chi connectivity index (χ2n) is 2.25. The van der Waals surface area contributed by atoms with Crippen molar-refractivity contribution in [3.63, 3.8) is 0 Å². The third-order valence-corrected chi connectivity index (χ3v) is 1.64. The van der Waals surface area contributed by atoms with Crippen molar-refractivity contribution in [1.29, 1.82) is 0 Å². The Morgan fingerprint density at radius 3 is 2.43 bits per heavy atom. The summed E-state index contributed by atoms with van der Waals surface area (Å²) in [5.74, 6) is 0. The van der Waals surface area contributed by atoms with Gasteiger partial charge in [0.15, 0.2) is 0 Å². The van der Waals surface area contributed by atoms with Gasteiger partial charge in [-0.2, -0.15) is 13.2 Å². The average molecular weight is 227 g/mol. The number of nitro groups is 1. The summed E-state index contributed by atoms with van der Waals surface area (Å²) >= 11 is 5.18. The molecule has 0 bridgehead atoms. The number of aromatic nitrogens is 1. The maximum Gasteiger partial charge on any atom is 0.423 e. The van der Waals surface area contributed by atoms with E-state index in [-0.39, 0.29) is 0 Å². The van der Waals surface area contributed by atoms with Crippen LogP contribution in [0.15, 0.2) is 12.3 Å². The first-order chi connectivity index (χ1) is 6.34. The molecule has 0 spiro atoms. The number of rotatable bonds is 1. The normalized spacial score (nSPS) is 11.4. The van der Waals surface area contributed by atoms with Crippen molar-refractivity contribution in [3.05, 3.63) is 33.1 Å². The molecule has 1 heterocycles. The van der Waals surface area contributed by atoms with Crippen molar-refractivity contribution in [2.45, 2.75) is 6.18 Å². The molecule has 0 radical (unpaired) electrons. The lowest BCUT2D eigenvalue weighted by molar-refractivity contribution is -0.388. The number of hydrogen-bond acceptors (Lipinski definition) is 3. The van der Waals surface area contributed by atoms with E-state index in [1.807, 2.05) is 0 Å². The molecule has 0 saturated heterocycles. The number of pyridine rings is 1. The molecule has 1 aromatic rings. The average Bonchev–Trinajstić information content (AvgIpc) is 2.01. The van der Waals surface area contributed by atoms with Crippen LogP contribution in [0, 0.1) is 10.1 Å². The number of alkyl halides is 3. The Morgan fingerprint density at radius 2 is 2.07 bits per heavy atom. The molecule has 14 heavy (non-hydrogen) atoms. The molecule has 8 heteroatoms. The Labute approximate surface area is 80.5 Å². The Kier molecular flexibility index (Phi) is 2.61. The minimum atomic E-state index is -4.81. The van der Waals surface area contributed by atoms with E-state index in [1.165, 1.54) is 0 Å². The zero-order chi connectivity index (χ0) is 10.9. The lowest BCUT2D eigenvalue weighted by Crippen LogP contribution is -2.09. The molecule has 0 aliphatic heterocycles. The fourth-order valence-corrected chi connectivity index (χ4v) is 1.06. The molecule has 0 atom stereocenters. The molecule has 1 rings (SSSR count). The lowest BCUT2D eigenvalue weighted by Gasteiger charge is -2.06. The fourth-order valence-electron chi connectivity index (χ4n) is 0.831. The monoisotopic (exact) mass is 226 g/mol. The van der Waals surface area contributed by atoms with Crippen molar-refractivity contribution in [2.24, 2.45) is 0 Å². The molecule has 0 aliphatic rings. The van der Waals surface area contributed by atoms with Gasteiger partial charge >= 0.3 is 11.9 Å². The molecule has 4 nitrogen and oxygen atoms in total. The summed E-state index contributed by atoms with van der Waals surface area (Å²) in [7, 11) is 0. The van der Waals surface area contributed by atoms with Gasteiger partial charge in [-0.05, 0) is 6.07 Å². The lowest BCUT2D eigenvalue weighted by atomic mass is 10.2. The summed E-state index contributed by atoms with van der Waals surface area (Å²) < 4.78 is 36.6. The van der Waals surface area contributed by atoms with E-state index in [2.05, 4.69) is 4.98 Å². The van der Waals surface area contributed by atoms with Gasteiger partial charge < -0.3 is 0 Å². The van der Waals surface area contributed by atoms with Gasteiger partial charge in [0.1, 0.15) is 5.56 Å². The summed E-state index contributed by atoms with van der Waals surface area (Å²) in [5, 5.41) is 9.50. The Morgan fingerprint density at radius 1 is 1.50 bits per heavy atom. The quantitative estimate of drug-likeness (QED) is 0.420.